The predicted molar refractivity (Wildman–Crippen MR) is 169 cm³/mol. The summed E-state index contributed by atoms with van der Waals surface area (Å²) in [6.07, 6.45) is -0.151. The topological polar surface area (TPSA) is 176 Å². The fourth-order valence-electron chi connectivity index (χ4n) is 5.48. The molecule has 0 unspecified atom stereocenters. The number of phenolic OH excluding ortho intramolecular Hbond substituents is 5. The molecule has 0 amide bonds. The largest absolute Gasteiger partial charge is 0.508 e. The monoisotopic (exact) mass is 628 g/mol. The maximum Gasteiger partial charge on any atom is 0.239 e. The van der Waals surface area contributed by atoms with Crippen molar-refractivity contribution in [2.24, 2.45) is 0 Å². The van der Waals surface area contributed by atoms with Crippen LogP contribution in [0.1, 0.15) is 39.0 Å². The van der Waals surface area contributed by atoms with Crippen LogP contribution in [0.3, 0.4) is 0 Å². The van der Waals surface area contributed by atoms with Crippen LogP contribution in [0.4, 0.5) is 0 Å². The second-order valence-electron chi connectivity index (χ2n) is 10.6. The van der Waals surface area contributed by atoms with E-state index in [1.807, 2.05) is 0 Å². The van der Waals surface area contributed by atoms with Crippen LogP contribution in [-0.2, 0) is 12.8 Å². The Labute approximate surface area is 263 Å². The van der Waals surface area contributed by atoms with Crippen LogP contribution in [0.25, 0.3) is 22.3 Å². The molecule has 11 heteroatoms. The molecule has 0 aliphatic rings. The Morgan fingerprint density at radius 1 is 0.783 bits per heavy atom. The zero-order valence-corrected chi connectivity index (χ0v) is 25.5. The van der Waals surface area contributed by atoms with E-state index in [9.17, 15) is 35.1 Å². The molecule has 5 N–H and O–H groups in total. The quantitative estimate of drug-likeness (QED) is 0.119. The number of hydrogen-bond acceptors (Lipinski definition) is 11. The minimum absolute atomic E-state index is 0.0107. The molecule has 0 aliphatic heterocycles. The predicted octanol–water partition coefficient (Wildman–Crippen LogP) is 5.73. The highest BCUT2D eigenvalue weighted by Crippen LogP contribution is 2.46. The van der Waals surface area contributed by atoms with Gasteiger partial charge in [0.2, 0.25) is 11.2 Å². The SMILES string of the molecule is COc1ccc(-c2oc3c(Cc4c(O)c(C(=O)CCc5ccc(O)cc5)c(O)c(C)c4OC)c(O)cc(O)c3c(=O)c2OC)cc1. The average molecular weight is 629 g/mol. The highest BCUT2D eigenvalue weighted by Gasteiger charge is 2.29. The first-order valence-electron chi connectivity index (χ1n) is 14.2. The second kappa shape index (κ2) is 12.6. The molecule has 0 saturated heterocycles. The third-order valence-corrected chi connectivity index (χ3v) is 7.88. The number of Topliss-reactive ketones (excluding diaryl/α,β-unsaturated/α-hetero) is 1. The Hall–Kier alpha value is -5.84. The lowest BCUT2D eigenvalue weighted by Gasteiger charge is -2.20. The Balaban J connectivity index is 1.67. The molecular formula is C35H32O11. The molecule has 0 radical (unpaired) electrons. The number of carbonyl (C=O) groups excluding carboxylic acids is 1. The third-order valence-electron chi connectivity index (χ3n) is 7.88. The lowest BCUT2D eigenvalue weighted by Crippen LogP contribution is -2.10. The van der Waals surface area contributed by atoms with Crippen molar-refractivity contribution in [1.29, 1.82) is 0 Å². The van der Waals surface area contributed by atoms with Crippen molar-refractivity contribution in [1.82, 2.24) is 0 Å². The van der Waals surface area contributed by atoms with Gasteiger partial charge in [0.1, 0.15) is 56.8 Å². The number of carbonyl (C=O) groups is 1. The molecule has 1 aromatic heterocycles. The van der Waals surface area contributed by atoms with E-state index >= 15 is 0 Å². The number of methoxy groups -OCH3 is 3. The summed E-state index contributed by atoms with van der Waals surface area (Å²) in [7, 11) is 4.11. The number of benzene rings is 4. The molecule has 4 aromatic carbocycles. The first-order valence-corrected chi connectivity index (χ1v) is 14.2. The van der Waals surface area contributed by atoms with Crippen molar-refractivity contribution < 1.29 is 49.0 Å². The van der Waals surface area contributed by atoms with Crippen molar-refractivity contribution >= 4 is 16.8 Å². The molecule has 1 heterocycles. The number of aryl methyl sites for hydroxylation is 1. The number of fused-ring (bicyclic) bond motifs is 1. The molecule has 0 saturated carbocycles. The number of ether oxygens (including phenoxy) is 3. The lowest BCUT2D eigenvalue weighted by atomic mass is 9.91. The average Bonchev–Trinajstić information content (AvgIpc) is 3.04. The van der Waals surface area contributed by atoms with Gasteiger partial charge in [0, 0.05) is 41.2 Å². The summed E-state index contributed by atoms with van der Waals surface area (Å²) in [6.45, 7) is 1.51. The summed E-state index contributed by atoms with van der Waals surface area (Å²) in [5.41, 5.74) is 0.130. The maximum absolute atomic E-state index is 13.6. The van der Waals surface area contributed by atoms with Gasteiger partial charge >= 0.3 is 0 Å². The van der Waals surface area contributed by atoms with E-state index in [2.05, 4.69) is 0 Å². The summed E-state index contributed by atoms with van der Waals surface area (Å²) in [6, 6.07) is 13.9. The van der Waals surface area contributed by atoms with Gasteiger partial charge in [-0.15, -0.1) is 0 Å². The molecule has 0 bridgehead atoms. The molecule has 11 nitrogen and oxygen atoms in total. The zero-order chi connectivity index (χ0) is 33.3. The van der Waals surface area contributed by atoms with Crippen LogP contribution < -0.4 is 19.6 Å². The molecule has 0 fully saturated rings. The van der Waals surface area contributed by atoms with Crippen LogP contribution in [0.15, 0.2) is 63.8 Å². The second-order valence-corrected chi connectivity index (χ2v) is 10.6. The Kier molecular flexibility index (Phi) is 8.68. The van der Waals surface area contributed by atoms with Gasteiger partial charge in [0.15, 0.2) is 11.5 Å². The van der Waals surface area contributed by atoms with Crippen LogP contribution in [-0.4, -0.2) is 52.6 Å². The first-order chi connectivity index (χ1) is 22.0. The summed E-state index contributed by atoms with van der Waals surface area (Å²) in [4.78, 5) is 27.0. The smallest absolute Gasteiger partial charge is 0.239 e. The van der Waals surface area contributed by atoms with Crippen molar-refractivity contribution in [3.8, 4) is 57.3 Å². The van der Waals surface area contributed by atoms with Gasteiger partial charge in [-0.2, -0.15) is 0 Å². The number of rotatable bonds is 10. The molecular weight excluding hydrogens is 596 g/mol. The fourth-order valence-corrected chi connectivity index (χ4v) is 5.48. The lowest BCUT2D eigenvalue weighted by molar-refractivity contribution is 0.0977. The Morgan fingerprint density at radius 3 is 2.04 bits per heavy atom. The molecule has 5 rings (SSSR count). The third kappa shape index (κ3) is 5.58. The number of ketones is 1. The van der Waals surface area contributed by atoms with E-state index < -0.39 is 34.2 Å². The van der Waals surface area contributed by atoms with E-state index in [4.69, 9.17) is 18.6 Å². The van der Waals surface area contributed by atoms with Crippen molar-refractivity contribution in [3.05, 3.63) is 92.6 Å². The standard InChI is InChI=1S/C35H32O11/c1-17-29(40)27(24(37)14-7-18-5-10-20(36)11-6-18)30(41)23(32(17)44-3)15-22-25(38)16-26(39)28-31(42)35(45-4)33(46-34(22)28)19-8-12-21(43-2)13-9-19/h5-6,8-13,16,36,38-41H,7,14-15H2,1-4H3. The molecule has 0 spiro atoms. The van der Waals surface area contributed by atoms with Gasteiger partial charge in [-0.1, -0.05) is 12.1 Å². The molecule has 0 atom stereocenters. The van der Waals surface area contributed by atoms with Gasteiger partial charge in [-0.25, -0.2) is 0 Å². The van der Waals surface area contributed by atoms with E-state index in [1.54, 1.807) is 36.4 Å². The van der Waals surface area contributed by atoms with Gasteiger partial charge in [-0.3, -0.25) is 9.59 Å². The molecule has 0 aliphatic carbocycles. The van der Waals surface area contributed by atoms with Crippen LogP contribution in [0, 0.1) is 6.92 Å². The summed E-state index contributed by atoms with van der Waals surface area (Å²) in [5.74, 6) is -2.14. The van der Waals surface area contributed by atoms with E-state index in [-0.39, 0.29) is 75.5 Å². The van der Waals surface area contributed by atoms with Crippen LogP contribution >= 0.6 is 0 Å². The Bertz CT molecular complexity index is 2010. The fraction of sp³-hybridized carbons (Fsp3) is 0.200. The highest BCUT2D eigenvalue weighted by atomic mass is 16.5. The van der Waals surface area contributed by atoms with E-state index in [0.717, 1.165) is 11.6 Å². The van der Waals surface area contributed by atoms with E-state index in [1.165, 1.54) is 40.4 Å². The first kappa shape index (κ1) is 31.6. The highest BCUT2D eigenvalue weighted by molar-refractivity contribution is 6.03. The number of aromatic hydroxyl groups is 5. The minimum Gasteiger partial charge on any atom is -0.508 e. The Morgan fingerprint density at radius 2 is 1.43 bits per heavy atom. The van der Waals surface area contributed by atoms with Crippen molar-refractivity contribution in [2.75, 3.05) is 21.3 Å². The van der Waals surface area contributed by atoms with Crippen LogP contribution in [0.2, 0.25) is 0 Å². The summed E-state index contributed by atoms with van der Waals surface area (Å²) < 4.78 is 22.3. The normalized spacial score (nSPS) is 11.0. The van der Waals surface area contributed by atoms with Gasteiger partial charge in [0.05, 0.1) is 21.3 Å². The number of phenols is 5. The molecule has 238 valence electrons. The van der Waals surface area contributed by atoms with E-state index in [0.29, 0.717) is 11.3 Å². The van der Waals surface area contributed by atoms with Crippen molar-refractivity contribution in [2.45, 2.75) is 26.2 Å². The minimum atomic E-state index is -0.712. The summed E-state index contributed by atoms with van der Waals surface area (Å²) >= 11 is 0. The molecule has 46 heavy (non-hydrogen) atoms. The summed E-state index contributed by atoms with van der Waals surface area (Å²) in [5, 5.41) is 53.5. The zero-order valence-electron chi connectivity index (χ0n) is 25.5. The van der Waals surface area contributed by atoms with Crippen molar-refractivity contribution in [3.63, 3.8) is 0 Å². The molecule has 5 aromatic rings. The van der Waals surface area contributed by atoms with Crippen LogP contribution in [0.5, 0.6) is 46.0 Å². The van der Waals surface area contributed by atoms with Gasteiger partial charge < -0.3 is 44.2 Å². The van der Waals surface area contributed by atoms with Gasteiger partial charge in [0.25, 0.3) is 0 Å². The maximum atomic E-state index is 13.6. The number of hydrogen-bond donors (Lipinski definition) is 5. The van der Waals surface area contributed by atoms with Gasteiger partial charge in [-0.05, 0) is 55.3 Å².